The minimum Gasteiger partial charge on any atom is -0.455 e. The van der Waals surface area contributed by atoms with E-state index in [2.05, 4.69) is 61.3 Å². The molecule has 13 nitrogen and oxygen atoms in total. The minimum atomic E-state index is -4.58. The number of carbonyl (C=O) groups excluding carboxylic acids is 1. The molecule has 6 aromatic rings. The molecule has 1 amide bonds. The Balaban J connectivity index is 0.966. The molecule has 4 aromatic carbocycles. The molecule has 314 valence electrons. The summed E-state index contributed by atoms with van der Waals surface area (Å²) in [5.41, 5.74) is 5.25. The van der Waals surface area contributed by atoms with Crippen LogP contribution in [0.5, 0.6) is 11.5 Å². The van der Waals surface area contributed by atoms with Crippen molar-refractivity contribution in [1.29, 1.82) is 0 Å². The summed E-state index contributed by atoms with van der Waals surface area (Å²) in [5, 5.41) is 26.3. The van der Waals surface area contributed by atoms with Gasteiger partial charge in [-0.2, -0.15) is 0 Å². The van der Waals surface area contributed by atoms with Gasteiger partial charge in [-0.05, 0) is 141 Å². The maximum Gasteiger partial charge on any atom is 0.293 e. The standard InChI is InChI=1S/C47H48N6O7S/c1-47(55)21-18-30(19-22-47)28-49-41-17-15-37(27-43(41)53(56)57)61(58,59)51-46(54)40-16-12-33(26-44(40)60-36-25-34-20-23-48-45(34)50-29-36)31-10-13-35(14-11-31)52-24-4-7-42(52)39-6-3-2-5-38(39)32-8-9-32/h2-3,5-6,10-17,20,23,25-27,29-30,32,42,49,55H,4,7-9,18-19,21-22,24,28H2,1H3,(H,48,50)(H,51,54)/t30?,42-,47?/m0/s1. The van der Waals surface area contributed by atoms with Crippen LogP contribution >= 0.6 is 0 Å². The van der Waals surface area contributed by atoms with E-state index >= 15 is 0 Å². The summed E-state index contributed by atoms with van der Waals surface area (Å²) in [6.07, 6.45) is 10.8. The maximum absolute atomic E-state index is 13.9. The van der Waals surface area contributed by atoms with E-state index in [1.807, 2.05) is 25.1 Å². The smallest absolute Gasteiger partial charge is 0.293 e. The fraction of sp³-hybridized carbons (Fsp3) is 0.319. The molecule has 2 aromatic heterocycles. The number of aromatic nitrogens is 2. The Hall–Kier alpha value is -6.25. The van der Waals surface area contributed by atoms with E-state index in [0.717, 1.165) is 60.5 Å². The minimum absolute atomic E-state index is 0.0633. The fourth-order valence-electron chi connectivity index (χ4n) is 8.87. The second-order valence-electron chi connectivity index (χ2n) is 16.9. The Morgan fingerprint density at radius 2 is 1.70 bits per heavy atom. The molecule has 14 heteroatoms. The highest BCUT2D eigenvalue weighted by Gasteiger charge is 2.33. The third-order valence-electron chi connectivity index (χ3n) is 12.5. The molecule has 0 spiro atoms. The summed E-state index contributed by atoms with van der Waals surface area (Å²) >= 11 is 0. The molecule has 1 saturated heterocycles. The lowest BCUT2D eigenvalue weighted by Gasteiger charge is -2.33. The molecular formula is C47H48N6O7S. The monoisotopic (exact) mass is 840 g/mol. The number of nitro groups is 1. The first-order valence-corrected chi connectivity index (χ1v) is 22.4. The number of aromatic amines is 1. The van der Waals surface area contributed by atoms with E-state index < -0.39 is 37.0 Å². The molecule has 1 atom stereocenters. The molecule has 0 bridgehead atoms. The van der Waals surface area contributed by atoms with Gasteiger partial charge >= 0.3 is 0 Å². The van der Waals surface area contributed by atoms with Gasteiger partial charge in [0.1, 0.15) is 22.8 Å². The van der Waals surface area contributed by atoms with E-state index in [9.17, 15) is 28.4 Å². The average Bonchev–Trinajstić information content (AvgIpc) is 3.79. The van der Waals surface area contributed by atoms with Crippen LogP contribution in [-0.4, -0.2) is 53.0 Å². The van der Waals surface area contributed by atoms with Crippen molar-refractivity contribution in [1.82, 2.24) is 14.7 Å². The van der Waals surface area contributed by atoms with Crippen molar-refractivity contribution in [3.63, 3.8) is 0 Å². The first-order valence-electron chi connectivity index (χ1n) is 20.9. The summed E-state index contributed by atoms with van der Waals surface area (Å²) in [7, 11) is -4.58. The van der Waals surface area contributed by atoms with Crippen molar-refractivity contribution in [2.24, 2.45) is 5.92 Å². The quantitative estimate of drug-likeness (QED) is 0.0646. The van der Waals surface area contributed by atoms with Gasteiger partial charge in [0.25, 0.3) is 21.6 Å². The highest BCUT2D eigenvalue weighted by molar-refractivity contribution is 7.90. The van der Waals surface area contributed by atoms with Crippen molar-refractivity contribution >= 4 is 44.0 Å². The lowest BCUT2D eigenvalue weighted by atomic mass is 9.80. The number of anilines is 2. The number of hydrogen-bond acceptors (Lipinski definition) is 10. The number of sulfonamides is 1. The number of pyridine rings is 1. The van der Waals surface area contributed by atoms with Crippen molar-refractivity contribution in [3.05, 3.63) is 136 Å². The number of ether oxygens (including phenoxy) is 1. The van der Waals surface area contributed by atoms with E-state index in [-0.39, 0.29) is 22.9 Å². The summed E-state index contributed by atoms with van der Waals surface area (Å²) in [6, 6.07) is 29.5. The van der Waals surface area contributed by atoms with Crippen LogP contribution in [-0.2, 0) is 10.0 Å². The van der Waals surface area contributed by atoms with Crippen LogP contribution in [0, 0.1) is 16.0 Å². The highest BCUT2D eigenvalue weighted by Crippen LogP contribution is 2.47. The SMILES string of the molecule is CC1(O)CCC(CNc2ccc(S(=O)(=O)NC(=O)c3ccc(-c4ccc(N5CCC[C@H]5c5ccccc5C5CC5)cc4)cc3Oc3cnc4[nH]ccc4c3)cc2[N+](=O)[O-])CC1. The number of H-pyrrole nitrogens is 1. The zero-order valence-electron chi connectivity index (χ0n) is 33.8. The van der Waals surface area contributed by atoms with Gasteiger partial charge in [-0.1, -0.05) is 42.5 Å². The molecule has 2 saturated carbocycles. The zero-order valence-corrected chi connectivity index (χ0v) is 34.7. The second kappa shape index (κ2) is 16.3. The Bertz CT molecular complexity index is 2720. The first kappa shape index (κ1) is 40.2. The Morgan fingerprint density at radius 1 is 0.951 bits per heavy atom. The summed E-state index contributed by atoms with van der Waals surface area (Å²) in [6.45, 7) is 3.21. The lowest BCUT2D eigenvalue weighted by Crippen LogP contribution is -2.32. The number of aliphatic hydroxyl groups is 1. The fourth-order valence-corrected chi connectivity index (χ4v) is 9.86. The average molecular weight is 841 g/mol. The van der Waals surface area contributed by atoms with Gasteiger partial charge in [-0.25, -0.2) is 18.1 Å². The molecule has 3 aliphatic rings. The van der Waals surface area contributed by atoms with E-state index in [4.69, 9.17) is 4.74 Å². The number of nitrogens with zero attached hydrogens (tertiary/aromatic N) is 3. The van der Waals surface area contributed by atoms with Gasteiger partial charge in [0.2, 0.25) is 0 Å². The van der Waals surface area contributed by atoms with Crippen LogP contribution in [0.3, 0.4) is 0 Å². The molecular weight excluding hydrogens is 793 g/mol. The van der Waals surface area contributed by atoms with Gasteiger partial charge in [0, 0.05) is 36.4 Å². The van der Waals surface area contributed by atoms with Crippen LogP contribution in [0.4, 0.5) is 17.1 Å². The summed E-state index contributed by atoms with van der Waals surface area (Å²) < 4.78 is 35.8. The number of nitro benzene ring substituents is 1. The van der Waals surface area contributed by atoms with Crippen molar-refractivity contribution in [2.75, 3.05) is 23.3 Å². The van der Waals surface area contributed by atoms with Gasteiger partial charge < -0.3 is 25.0 Å². The normalized spacial score (nSPS) is 20.4. The van der Waals surface area contributed by atoms with Crippen LogP contribution < -0.4 is 19.7 Å². The zero-order chi connectivity index (χ0) is 42.3. The molecule has 0 unspecified atom stereocenters. The highest BCUT2D eigenvalue weighted by atomic mass is 32.2. The number of amides is 1. The van der Waals surface area contributed by atoms with Gasteiger partial charge in [0.15, 0.2) is 0 Å². The molecule has 2 aliphatic carbocycles. The summed E-state index contributed by atoms with van der Waals surface area (Å²) in [5.74, 6) is 0.319. The number of nitrogens with one attached hydrogen (secondary N) is 3. The number of hydrogen-bond donors (Lipinski definition) is 4. The molecule has 61 heavy (non-hydrogen) atoms. The van der Waals surface area contributed by atoms with Crippen LogP contribution in [0.2, 0.25) is 0 Å². The number of benzene rings is 4. The second-order valence-corrected chi connectivity index (χ2v) is 18.6. The van der Waals surface area contributed by atoms with Crippen molar-refractivity contribution in [3.8, 4) is 22.6 Å². The molecule has 4 N–H and O–H groups in total. The van der Waals surface area contributed by atoms with E-state index in [1.165, 1.54) is 48.4 Å². The molecule has 0 radical (unpaired) electrons. The number of rotatable bonds is 13. The topological polar surface area (TPSA) is 180 Å². The van der Waals surface area contributed by atoms with Crippen LogP contribution in [0.25, 0.3) is 22.2 Å². The summed E-state index contributed by atoms with van der Waals surface area (Å²) in [4.78, 5) is 34.9. The Morgan fingerprint density at radius 3 is 2.46 bits per heavy atom. The molecule has 1 aliphatic heterocycles. The maximum atomic E-state index is 13.9. The molecule has 3 heterocycles. The Labute approximate surface area is 354 Å². The largest absolute Gasteiger partial charge is 0.455 e. The van der Waals surface area contributed by atoms with Crippen molar-refractivity contribution < 1.29 is 28.0 Å². The third-order valence-corrected chi connectivity index (χ3v) is 13.8. The van der Waals surface area contributed by atoms with Crippen LogP contribution in [0.1, 0.15) is 91.7 Å². The molecule has 3 fully saturated rings. The predicted octanol–water partition coefficient (Wildman–Crippen LogP) is 9.62. The van der Waals surface area contributed by atoms with Gasteiger partial charge in [0.05, 0.1) is 33.2 Å². The van der Waals surface area contributed by atoms with Gasteiger partial charge in [-0.3, -0.25) is 14.9 Å². The lowest BCUT2D eigenvalue weighted by molar-refractivity contribution is -0.384. The van der Waals surface area contributed by atoms with E-state index in [0.29, 0.717) is 42.7 Å². The number of fused-ring (bicyclic) bond motifs is 1. The third kappa shape index (κ3) is 8.68. The van der Waals surface area contributed by atoms with Gasteiger partial charge in [-0.15, -0.1) is 0 Å². The molecule has 9 rings (SSSR count). The Kier molecular flexibility index (Phi) is 10.7. The predicted molar refractivity (Wildman–Crippen MR) is 235 cm³/mol. The first-order chi connectivity index (χ1) is 29.4. The van der Waals surface area contributed by atoms with E-state index in [1.54, 1.807) is 24.4 Å². The van der Waals surface area contributed by atoms with Crippen LogP contribution in [0.15, 0.2) is 114 Å². The number of carbonyl (C=O) groups is 1. The van der Waals surface area contributed by atoms with Crippen molar-refractivity contribution in [2.45, 2.75) is 80.7 Å².